The van der Waals surface area contributed by atoms with Crippen LogP contribution in [0.2, 0.25) is 0 Å². The fourth-order valence-corrected chi connectivity index (χ4v) is 7.41. The van der Waals surface area contributed by atoms with Crippen LogP contribution in [0.15, 0.2) is 181 Å². The third-order valence-corrected chi connectivity index (χ3v) is 9.92. The molecule has 0 N–H and O–H groups in total. The molecule has 0 aromatic heterocycles. The topological polar surface area (TPSA) is 6.48 Å². The molecule has 0 saturated heterocycles. The average molecular weight is 639 g/mol. The molecule has 2 nitrogen and oxygen atoms in total. The first-order chi connectivity index (χ1) is 24.0. The number of hydrogen-bond donors (Lipinski definition) is 0. The van der Waals surface area contributed by atoms with E-state index in [0.717, 1.165) is 12.8 Å². The minimum absolute atomic E-state index is 0.114. The van der Waals surface area contributed by atoms with Crippen molar-refractivity contribution in [1.29, 1.82) is 0 Å². The minimum atomic E-state index is -0.114. The number of rotatable bonds is 7. The number of fused-ring (bicyclic) bond motifs is 4. The van der Waals surface area contributed by atoms with Crippen LogP contribution in [0, 0.1) is 5.92 Å². The summed E-state index contributed by atoms with van der Waals surface area (Å²) in [6.45, 7) is 10.5. The van der Waals surface area contributed by atoms with Crippen LogP contribution < -0.4 is 9.80 Å². The van der Waals surface area contributed by atoms with Gasteiger partial charge in [-0.3, -0.25) is 0 Å². The Morgan fingerprint density at radius 1 is 0.714 bits per heavy atom. The Kier molecular flexibility index (Phi) is 8.97. The second-order valence-corrected chi connectivity index (χ2v) is 13.4. The zero-order valence-corrected chi connectivity index (χ0v) is 29.2. The summed E-state index contributed by atoms with van der Waals surface area (Å²) in [5, 5.41) is 7.59. The Hall–Kier alpha value is -5.34. The van der Waals surface area contributed by atoms with E-state index in [-0.39, 0.29) is 5.54 Å². The molecular weight excluding hydrogens is 593 g/mol. The van der Waals surface area contributed by atoms with Gasteiger partial charge < -0.3 is 9.80 Å². The number of allylic oxidation sites excluding steroid dienone is 9. The molecule has 0 spiro atoms. The zero-order valence-electron chi connectivity index (χ0n) is 29.2. The van der Waals surface area contributed by atoms with Gasteiger partial charge in [0.1, 0.15) is 0 Å². The monoisotopic (exact) mass is 638 g/mol. The fourth-order valence-electron chi connectivity index (χ4n) is 7.41. The molecule has 2 heteroatoms. The normalized spacial score (nSPS) is 19.6. The predicted octanol–water partition coefficient (Wildman–Crippen LogP) is 12.6. The SMILES string of the molecule is C=CC1=CC2CC2(N(C2=CCC=C(N(C)c3ccc4cc5ccccc5cc4c3)C=C2)c2ccc3ccccc3c2)C=C1/C=C\C.CCC. The predicted molar refractivity (Wildman–Crippen MR) is 214 cm³/mol. The summed E-state index contributed by atoms with van der Waals surface area (Å²) in [4.78, 5) is 4.91. The molecule has 5 aromatic rings. The number of likely N-dealkylation sites (N-methyl/N-ethyl adjacent to an activating group) is 1. The summed E-state index contributed by atoms with van der Waals surface area (Å²) >= 11 is 0. The van der Waals surface area contributed by atoms with Gasteiger partial charge in [0, 0.05) is 35.7 Å². The summed E-state index contributed by atoms with van der Waals surface area (Å²) in [5.41, 5.74) is 7.19. The third-order valence-electron chi connectivity index (χ3n) is 9.92. The van der Waals surface area contributed by atoms with Gasteiger partial charge in [-0.1, -0.05) is 130 Å². The minimum Gasteiger partial charge on any atom is -0.345 e. The first kappa shape index (κ1) is 32.2. The number of anilines is 2. The molecule has 0 aliphatic heterocycles. The van der Waals surface area contributed by atoms with Gasteiger partial charge in [-0.2, -0.15) is 0 Å². The maximum Gasteiger partial charge on any atom is 0.0712 e. The first-order valence-electron chi connectivity index (χ1n) is 17.7. The van der Waals surface area contributed by atoms with Gasteiger partial charge in [-0.15, -0.1) is 0 Å². The molecule has 1 fully saturated rings. The molecule has 3 aliphatic carbocycles. The largest absolute Gasteiger partial charge is 0.345 e. The van der Waals surface area contributed by atoms with Gasteiger partial charge in [0.25, 0.3) is 0 Å². The molecule has 0 amide bonds. The van der Waals surface area contributed by atoms with Gasteiger partial charge in [-0.25, -0.2) is 0 Å². The van der Waals surface area contributed by atoms with E-state index in [2.05, 4.69) is 190 Å². The lowest BCUT2D eigenvalue weighted by Crippen LogP contribution is -2.38. The summed E-state index contributed by atoms with van der Waals surface area (Å²) in [7, 11) is 2.18. The van der Waals surface area contributed by atoms with Crippen LogP contribution in [0.1, 0.15) is 40.0 Å². The van der Waals surface area contributed by atoms with Crippen LogP contribution in [0.4, 0.5) is 11.4 Å². The molecule has 0 heterocycles. The maximum atomic E-state index is 4.12. The van der Waals surface area contributed by atoms with Crippen molar-refractivity contribution in [1.82, 2.24) is 0 Å². The Labute approximate surface area is 292 Å². The molecule has 5 aromatic carbocycles. The van der Waals surface area contributed by atoms with Gasteiger partial charge >= 0.3 is 0 Å². The van der Waals surface area contributed by atoms with Crippen LogP contribution in [-0.2, 0) is 0 Å². The van der Waals surface area contributed by atoms with Crippen molar-refractivity contribution in [3.63, 3.8) is 0 Å². The van der Waals surface area contributed by atoms with Crippen LogP contribution in [0.25, 0.3) is 32.3 Å². The van der Waals surface area contributed by atoms with E-state index in [0.29, 0.717) is 5.92 Å². The quantitative estimate of drug-likeness (QED) is 0.164. The van der Waals surface area contributed by atoms with Crippen molar-refractivity contribution in [3.05, 3.63) is 181 Å². The van der Waals surface area contributed by atoms with Crippen molar-refractivity contribution >= 4 is 43.7 Å². The van der Waals surface area contributed by atoms with E-state index in [4.69, 9.17) is 0 Å². The van der Waals surface area contributed by atoms with Crippen molar-refractivity contribution in [3.8, 4) is 0 Å². The van der Waals surface area contributed by atoms with Crippen molar-refractivity contribution in [2.24, 2.45) is 5.92 Å². The van der Waals surface area contributed by atoms with Crippen LogP contribution in [0.5, 0.6) is 0 Å². The van der Waals surface area contributed by atoms with Crippen molar-refractivity contribution in [2.45, 2.75) is 45.6 Å². The molecule has 0 radical (unpaired) electrons. The lowest BCUT2D eigenvalue weighted by molar-refractivity contribution is 0.722. The van der Waals surface area contributed by atoms with Gasteiger partial charge in [0.2, 0.25) is 0 Å². The fraction of sp³-hybridized carbons (Fsp3) is 0.191. The van der Waals surface area contributed by atoms with Crippen LogP contribution in [-0.4, -0.2) is 12.6 Å². The van der Waals surface area contributed by atoms with E-state index < -0.39 is 0 Å². The highest BCUT2D eigenvalue weighted by Gasteiger charge is 2.58. The Morgan fingerprint density at radius 2 is 1.29 bits per heavy atom. The Bertz CT molecular complexity index is 2240. The van der Waals surface area contributed by atoms with Crippen molar-refractivity contribution in [2.75, 3.05) is 16.8 Å². The first-order valence-corrected chi connectivity index (χ1v) is 17.7. The molecule has 8 rings (SSSR count). The van der Waals surface area contributed by atoms with Gasteiger partial charge in [-0.05, 0) is 112 Å². The summed E-state index contributed by atoms with van der Waals surface area (Å²) in [6, 6.07) is 35.5. The zero-order chi connectivity index (χ0) is 34.0. The third kappa shape index (κ3) is 6.20. The van der Waals surface area contributed by atoms with Gasteiger partial charge in [0.15, 0.2) is 0 Å². The number of benzene rings is 5. The molecular formula is C47H46N2. The van der Waals surface area contributed by atoms with E-state index >= 15 is 0 Å². The molecule has 1 saturated carbocycles. The second-order valence-electron chi connectivity index (χ2n) is 13.4. The lowest BCUT2D eigenvalue weighted by Gasteiger charge is -2.36. The van der Waals surface area contributed by atoms with Crippen molar-refractivity contribution < 1.29 is 0 Å². The second kappa shape index (κ2) is 13.6. The Balaban J connectivity index is 0.00000122. The highest BCUT2D eigenvalue weighted by molar-refractivity contribution is 5.99. The van der Waals surface area contributed by atoms with E-state index in [1.54, 1.807) is 0 Å². The molecule has 49 heavy (non-hydrogen) atoms. The number of hydrogen-bond acceptors (Lipinski definition) is 2. The maximum absolute atomic E-state index is 4.12. The van der Waals surface area contributed by atoms with E-state index in [1.807, 2.05) is 6.08 Å². The molecule has 244 valence electrons. The van der Waals surface area contributed by atoms with E-state index in [1.165, 1.54) is 72.7 Å². The summed E-state index contributed by atoms with van der Waals surface area (Å²) < 4.78 is 0. The summed E-state index contributed by atoms with van der Waals surface area (Å²) in [5.74, 6) is 0.433. The highest BCUT2D eigenvalue weighted by atomic mass is 15.3. The summed E-state index contributed by atoms with van der Waals surface area (Å²) in [6.07, 6.45) is 23.8. The molecule has 0 bridgehead atoms. The van der Waals surface area contributed by atoms with Crippen LogP contribution in [0.3, 0.4) is 0 Å². The van der Waals surface area contributed by atoms with Crippen LogP contribution >= 0.6 is 0 Å². The van der Waals surface area contributed by atoms with Gasteiger partial charge in [0.05, 0.1) is 5.54 Å². The lowest BCUT2D eigenvalue weighted by atomic mass is 9.92. The molecule has 3 aliphatic rings. The molecule has 2 unspecified atom stereocenters. The average Bonchev–Trinajstić information content (AvgIpc) is 3.89. The standard InChI is InChI=1S/C44H38N2.C3H8/c1-4-11-37-29-44(30-39(44)26-31(37)5-2)46(43-21-18-32-12-6-7-15-35(32)27-43)41-17-10-16-40(22-23-41)45(3)42-20-19-36-24-33-13-8-9-14-34(33)25-38(36)28-42;1-3-2/h4-9,11-29,39H,2,10,30H2,1,3H3;3H2,1-2H3/b11-4-;. The molecule has 2 atom stereocenters. The highest BCUT2D eigenvalue weighted by Crippen LogP contribution is 2.57. The van der Waals surface area contributed by atoms with E-state index in [9.17, 15) is 0 Å². The smallest absolute Gasteiger partial charge is 0.0712 e. The number of nitrogens with zero attached hydrogens (tertiary/aromatic N) is 2. The Morgan fingerprint density at radius 3 is 2.00 bits per heavy atom.